The van der Waals surface area contributed by atoms with Crippen molar-refractivity contribution in [2.75, 3.05) is 0 Å². The smallest absolute Gasteiger partial charge is 0.0798 e. The fraction of sp³-hybridized carbons (Fsp3) is 0.643. The first-order chi connectivity index (χ1) is 13.9. The maximum absolute atomic E-state index is 11.2. The van der Waals surface area contributed by atoms with Crippen molar-refractivity contribution in [1.82, 2.24) is 0 Å². The topological polar surface area (TPSA) is 20.2 Å². The number of rotatable bonds is 11. The van der Waals surface area contributed by atoms with Crippen LogP contribution in [0.25, 0.3) is 0 Å². The molecule has 2 aliphatic carbocycles. The van der Waals surface area contributed by atoms with E-state index in [1.54, 1.807) is 0 Å². The Morgan fingerprint density at radius 2 is 2.03 bits per heavy atom. The summed E-state index contributed by atoms with van der Waals surface area (Å²) >= 11 is 0. The van der Waals surface area contributed by atoms with E-state index >= 15 is 0 Å². The number of allylic oxidation sites excluding steroid dienone is 7. The standard InChI is InChI=1S/C28H44O/c1-7-10-11-17-25(24-16-13-12-15-22(24)5)27(29)18-21(4)19-28(6)20-23(9-3)26(28)14-8-2/h9-11,15-17,21,23,26-27,29H,3,7-8,12-14,18-20H2,1-2,4-6H3/b11-10+,25-17+/t21-,23?,26?,27?,28?/m0/s1. The molecule has 1 N–H and O–H groups in total. The summed E-state index contributed by atoms with van der Waals surface area (Å²) in [7, 11) is 0. The van der Waals surface area contributed by atoms with Crippen LogP contribution in [-0.4, -0.2) is 11.2 Å². The summed E-state index contributed by atoms with van der Waals surface area (Å²) in [6, 6.07) is 0. The summed E-state index contributed by atoms with van der Waals surface area (Å²) in [6.45, 7) is 15.5. The van der Waals surface area contributed by atoms with Crippen molar-refractivity contribution in [3.63, 3.8) is 0 Å². The highest BCUT2D eigenvalue weighted by Gasteiger charge is 2.48. The maximum atomic E-state index is 11.2. The van der Waals surface area contributed by atoms with Gasteiger partial charge >= 0.3 is 0 Å². The lowest BCUT2D eigenvalue weighted by Crippen LogP contribution is -2.46. The molecule has 0 aromatic rings. The molecule has 162 valence electrons. The monoisotopic (exact) mass is 396 g/mol. The van der Waals surface area contributed by atoms with E-state index in [2.05, 4.69) is 77.7 Å². The second-order valence-corrected chi connectivity index (χ2v) is 9.75. The second kappa shape index (κ2) is 11.2. The molecule has 1 saturated carbocycles. The molecule has 0 radical (unpaired) electrons. The third-order valence-corrected chi connectivity index (χ3v) is 7.16. The van der Waals surface area contributed by atoms with Crippen LogP contribution in [0, 0.1) is 23.2 Å². The molecule has 0 saturated heterocycles. The Bertz CT molecular complexity index is 662. The fourth-order valence-electron chi connectivity index (χ4n) is 5.76. The Kier molecular flexibility index (Phi) is 9.21. The lowest BCUT2D eigenvalue weighted by molar-refractivity contribution is -0.0303. The molecule has 5 atom stereocenters. The van der Waals surface area contributed by atoms with Gasteiger partial charge in [0.1, 0.15) is 0 Å². The van der Waals surface area contributed by atoms with Crippen molar-refractivity contribution < 1.29 is 5.11 Å². The van der Waals surface area contributed by atoms with Gasteiger partial charge in [0.05, 0.1) is 6.10 Å². The molecule has 2 aliphatic rings. The van der Waals surface area contributed by atoms with Gasteiger partial charge in [-0.2, -0.15) is 0 Å². The van der Waals surface area contributed by atoms with Crippen LogP contribution >= 0.6 is 0 Å². The third-order valence-electron chi connectivity index (χ3n) is 7.16. The van der Waals surface area contributed by atoms with Crippen LogP contribution in [0.5, 0.6) is 0 Å². The fourth-order valence-corrected chi connectivity index (χ4v) is 5.76. The van der Waals surface area contributed by atoms with E-state index in [9.17, 15) is 5.11 Å². The van der Waals surface area contributed by atoms with Crippen LogP contribution in [0.1, 0.15) is 86.0 Å². The van der Waals surface area contributed by atoms with Crippen LogP contribution in [0.3, 0.4) is 0 Å². The van der Waals surface area contributed by atoms with Gasteiger partial charge in [-0.15, -0.1) is 6.58 Å². The van der Waals surface area contributed by atoms with E-state index in [1.807, 2.05) is 0 Å². The summed E-state index contributed by atoms with van der Waals surface area (Å²) in [5, 5.41) is 11.2. The zero-order chi connectivity index (χ0) is 21.4. The minimum absolute atomic E-state index is 0.400. The van der Waals surface area contributed by atoms with Crippen LogP contribution < -0.4 is 0 Å². The van der Waals surface area contributed by atoms with Crippen LogP contribution in [0.4, 0.5) is 0 Å². The van der Waals surface area contributed by atoms with Crippen molar-refractivity contribution in [3.05, 3.63) is 59.8 Å². The number of aliphatic hydroxyl groups is 1. The quantitative estimate of drug-likeness (QED) is 0.277. The Hall–Kier alpha value is -1.34. The van der Waals surface area contributed by atoms with Crippen LogP contribution in [0.2, 0.25) is 0 Å². The van der Waals surface area contributed by atoms with Crippen LogP contribution in [-0.2, 0) is 0 Å². The maximum Gasteiger partial charge on any atom is 0.0798 e. The molecule has 1 heteroatoms. The van der Waals surface area contributed by atoms with Gasteiger partial charge in [0.2, 0.25) is 0 Å². The first-order valence-electron chi connectivity index (χ1n) is 11.9. The summed E-state index contributed by atoms with van der Waals surface area (Å²) in [5.74, 6) is 1.96. The summed E-state index contributed by atoms with van der Waals surface area (Å²) in [6.07, 6.45) is 21.9. The first kappa shape index (κ1) is 23.9. The van der Waals surface area contributed by atoms with E-state index in [-0.39, 0.29) is 0 Å². The molecule has 0 aromatic carbocycles. The molecule has 0 spiro atoms. The predicted molar refractivity (Wildman–Crippen MR) is 128 cm³/mol. The minimum atomic E-state index is -0.400. The van der Waals surface area contributed by atoms with Gasteiger partial charge < -0.3 is 5.11 Å². The lowest BCUT2D eigenvalue weighted by Gasteiger charge is -2.54. The molecule has 29 heavy (non-hydrogen) atoms. The Labute approximate surface area is 180 Å². The molecule has 0 amide bonds. The first-order valence-corrected chi connectivity index (χ1v) is 11.9. The second-order valence-electron chi connectivity index (χ2n) is 9.75. The van der Waals surface area contributed by atoms with E-state index in [4.69, 9.17) is 0 Å². The average Bonchev–Trinajstić information content (AvgIpc) is 2.68. The van der Waals surface area contributed by atoms with Gasteiger partial charge in [-0.3, -0.25) is 0 Å². The molecule has 1 fully saturated rings. The van der Waals surface area contributed by atoms with Crippen molar-refractivity contribution in [3.8, 4) is 0 Å². The minimum Gasteiger partial charge on any atom is -0.388 e. The third kappa shape index (κ3) is 6.07. The SMILES string of the molecule is C=CC1CC(C)(C[C@@H](C)CC(O)/C(=C/C=C/CC)C2=CCCC=C2C)C1CCC. The average molecular weight is 397 g/mol. The van der Waals surface area contributed by atoms with Gasteiger partial charge in [-0.25, -0.2) is 0 Å². The van der Waals surface area contributed by atoms with Gasteiger partial charge in [-0.1, -0.05) is 70.6 Å². The zero-order valence-corrected chi connectivity index (χ0v) is 19.6. The van der Waals surface area contributed by atoms with Gasteiger partial charge in [0, 0.05) is 0 Å². The van der Waals surface area contributed by atoms with Crippen molar-refractivity contribution in [2.45, 2.75) is 92.1 Å². The number of hydrogen-bond acceptors (Lipinski definition) is 1. The van der Waals surface area contributed by atoms with Crippen molar-refractivity contribution in [2.24, 2.45) is 23.2 Å². The van der Waals surface area contributed by atoms with Crippen LogP contribution in [0.15, 0.2) is 59.8 Å². The molecule has 1 nitrogen and oxygen atoms in total. The van der Waals surface area contributed by atoms with Crippen molar-refractivity contribution >= 4 is 0 Å². The number of aliphatic hydroxyl groups excluding tert-OH is 1. The Morgan fingerprint density at radius 1 is 1.31 bits per heavy atom. The molecule has 0 heterocycles. The largest absolute Gasteiger partial charge is 0.388 e. The predicted octanol–water partition coefficient (Wildman–Crippen LogP) is 7.95. The molecular formula is C28H44O. The molecule has 0 aliphatic heterocycles. The number of hydrogen-bond donors (Lipinski definition) is 1. The van der Waals surface area contributed by atoms with Gasteiger partial charge in [-0.05, 0) is 91.8 Å². The summed E-state index contributed by atoms with van der Waals surface area (Å²) in [4.78, 5) is 0. The van der Waals surface area contributed by atoms with E-state index in [0.29, 0.717) is 17.3 Å². The lowest BCUT2D eigenvalue weighted by atomic mass is 9.51. The molecule has 0 bridgehead atoms. The summed E-state index contributed by atoms with van der Waals surface area (Å²) in [5.41, 5.74) is 4.06. The van der Waals surface area contributed by atoms with E-state index in [1.165, 1.54) is 36.8 Å². The van der Waals surface area contributed by atoms with E-state index in [0.717, 1.165) is 37.2 Å². The highest BCUT2D eigenvalue weighted by Crippen LogP contribution is 2.57. The molecule has 0 aromatic heterocycles. The normalized spacial score (nSPS) is 29.8. The Balaban J connectivity index is 2.08. The van der Waals surface area contributed by atoms with Gasteiger partial charge in [0.15, 0.2) is 0 Å². The van der Waals surface area contributed by atoms with Gasteiger partial charge in [0.25, 0.3) is 0 Å². The highest BCUT2D eigenvalue weighted by molar-refractivity contribution is 5.50. The Morgan fingerprint density at radius 3 is 2.66 bits per heavy atom. The molecule has 2 rings (SSSR count). The van der Waals surface area contributed by atoms with Crippen molar-refractivity contribution in [1.29, 1.82) is 0 Å². The highest BCUT2D eigenvalue weighted by atomic mass is 16.3. The zero-order valence-electron chi connectivity index (χ0n) is 19.6. The molecule has 4 unspecified atom stereocenters. The molecular weight excluding hydrogens is 352 g/mol. The van der Waals surface area contributed by atoms with E-state index < -0.39 is 6.10 Å². The summed E-state index contributed by atoms with van der Waals surface area (Å²) < 4.78 is 0.